The van der Waals surface area contributed by atoms with Crippen LogP contribution in [0.25, 0.3) is 0 Å². The van der Waals surface area contributed by atoms with E-state index in [2.05, 4.69) is 44.5 Å². The Hall–Kier alpha value is -0.870. The number of nitrogens with one attached hydrogen (secondary N) is 1. The zero-order valence-electron chi connectivity index (χ0n) is 15.2. The molecule has 0 aromatic heterocycles. The summed E-state index contributed by atoms with van der Waals surface area (Å²) >= 11 is 0. The molecule has 130 valence electrons. The summed E-state index contributed by atoms with van der Waals surface area (Å²) in [4.78, 5) is 15.4. The lowest BCUT2D eigenvalue weighted by Gasteiger charge is -2.57. The molecule has 0 radical (unpaired) electrons. The van der Waals surface area contributed by atoms with Gasteiger partial charge in [0.05, 0.1) is 0 Å². The molecular weight excluding hydrogens is 288 g/mol. The minimum atomic E-state index is -0.679. The summed E-state index contributed by atoms with van der Waals surface area (Å²) in [6.07, 6.45) is 8.89. The minimum Gasteiger partial charge on any atom is -0.339 e. The first-order chi connectivity index (χ1) is 10.6. The number of amides is 1. The van der Waals surface area contributed by atoms with Gasteiger partial charge in [-0.15, -0.1) is 6.58 Å². The number of nitrogens with zero attached hydrogens (tertiary/aromatic N) is 1. The van der Waals surface area contributed by atoms with E-state index in [0.717, 1.165) is 45.1 Å². The van der Waals surface area contributed by atoms with Crippen molar-refractivity contribution < 1.29 is 9.53 Å². The van der Waals surface area contributed by atoms with Crippen LogP contribution in [0.2, 0.25) is 0 Å². The molecule has 2 spiro atoms. The number of carbonyl (C=O) groups is 1. The molecule has 3 fully saturated rings. The first-order valence-corrected chi connectivity index (χ1v) is 9.06. The fourth-order valence-electron chi connectivity index (χ4n) is 5.44. The van der Waals surface area contributed by atoms with Gasteiger partial charge in [0, 0.05) is 30.5 Å². The molecular formula is C19H32N2O2. The van der Waals surface area contributed by atoms with Gasteiger partial charge in [-0.2, -0.15) is 0 Å². The van der Waals surface area contributed by atoms with Crippen molar-refractivity contribution in [2.45, 2.75) is 95.0 Å². The van der Waals surface area contributed by atoms with Gasteiger partial charge in [0.25, 0.3) is 5.91 Å². The van der Waals surface area contributed by atoms with Gasteiger partial charge < -0.3 is 10.1 Å². The Morgan fingerprint density at radius 2 is 1.70 bits per heavy atom. The van der Waals surface area contributed by atoms with Gasteiger partial charge in [0.2, 0.25) is 0 Å². The van der Waals surface area contributed by atoms with Gasteiger partial charge in [-0.3, -0.25) is 9.69 Å². The van der Waals surface area contributed by atoms with Crippen LogP contribution in [-0.2, 0) is 9.53 Å². The molecule has 1 N–H and O–H groups in total. The van der Waals surface area contributed by atoms with Crippen molar-refractivity contribution in [2.75, 3.05) is 6.54 Å². The first kappa shape index (κ1) is 17.0. The predicted molar refractivity (Wildman–Crippen MR) is 92.1 cm³/mol. The molecule has 3 rings (SSSR count). The van der Waals surface area contributed by atoms with Crippen molar-refractivity contribution in [1.82, 2.24) is 10.2 Å². The molecule has 0 aromatic rings. The number of ether oxygens (including phenoxy) is 1. The molecule has 4 nitrogen and oxygen atoms in total. The quantitative estimate of drug-likeness (QED) is 0.793. The molecule has 1 amide bonds. The van der Waals surface area contributed by atoms with Crippen molar-refractivity contribution in [3.63, 3.8) is 0 Å². The lowest BCUT2D eigenvalue weighted by molar-refractivity contribution is -0.191. The van der Waals surface area contributed by atoms with Crippen molar-refractivity contribution >= 4 is 5.91 Å². The van der Waals surface area contributed by atoms with Crippen LogP contribution in [0.5, 0.6) is 0 Å². The maximum absolute atomic E-state index is 13.0. The summed E-state index contributed by atoms with van der Waals surface area (Å²) in [7, 11) is 0. The SMILES string of the molecule is C=CCN1C(C)(C)CC2(CC1(C)C)OC1(CCCCC1)NC2=O. The number of piperidine rings is 1. The molecule has 2 aliphatic heterocycles. The van der Waals surface area contributed by atoms with Crippen LogP contribution in [-0.4, -0.2) is 39.8 Å². The van der Waals surface area contributed by atoms with Gasteiger partial charge in [0.15, 0.2) is 5.60 Å². The number of likely N-dealkylation sites (tertiary alicyclic amines) is 1. The van der Waals surface area contributed by atoms with Crippen molar-refractivity contribution in [2.24, 2.45) is 0 Å². The molecule has 0 aromatic carbocycles. The van der Waals surface area contributed by atoms with Crippen molar-refractivity contribution in [1.29, 1.82) is 0 Å². The summed E-state index contributed by atoms with van der Waals surface area (Å²) in [5.41, 5.74) is -1.29. The maximum Gasteiger partial charge on any atom is 0.254 e. The molecule has 0 unspecified atom stereocenters. The number of hydrogen-bond acceptors (Lipinski definition) is 3. The molecule has 4 heteroatoms. The molecule has 0 atom stereocenters. The topological polar surface area (TPSA) is 41.6 Å². The second kappa shape index (κ2) is 5.32. The van der Waals surface area contributed by atoms with Crippen LogP contribution in [0.3, 0.4) is 0 Å². The van der Waals surface area contributed by atoms with Crippen molar-refractivity contribution in [3.05, 3.63) is 12.7 Å². The van der Waals surface area contributed by atoms with Crippen LogP contribution in [0.4, 0.5) is 0 Å². The maximum atomic E-state index is 13.0. The van der Waals surface area contributed by atoms with Crippen LogP contribution < -0.4 is 5.32 Å². The first-order valence-electron chi connectivity index (χ1n) is 9.06. The lowest BCUT2D eigenvalue weighted by Crippen LogP contribution is -2.67. The van der Waals surface area contributed by atoms with Gasteiger partial charge in [0.1, 0.15) is 5.72 Å². The average molecular weight is 320 g/mol. The van der Waals surface area contributed by atoms with Crippen LogP contribution in [0.1, 0.15) is 72.6 Å². The third-order valence-electron chi connectivity index (χ3n) is 6.02. The molecule has 0 bridgehead atoms. The third-order valence-corrected chi connectivity index (χ3v) is 6.02. The number of rotatable bonds is 2. The van der Waals surface area contributed by atoms with E-state index >= 15 is 0 Å². The third kappa shape index (κ3) is 2.74. The van der Waals surface area contributed by atoms with Gasteiger partial charge >= 0.3 is 0 Å². The summed E-state index contributed by atoms with van der Waals surface area (Å²) in [5.74, 6) is 0.110. The predicted octanol–water partition coefficient (Wildman–Crippen LogP) is 3.37. The van der Waals surface area contributed by atoms with Gasteiger partial charge in [-0.1, -0.05) is 12.5 Å². The highest BCUT2D eigenvalue weighted by Crippen LogP contribution is 2.50. The second-order valence-corrected chi connectivity index (χ2v) is 8.98. The van der Waals surface area contributed by atoms with Crippen LogP contribution in [0.15, 0.2) is 12.7 Å². The Bertz CT molecular complexity index is 485. The Morgan fingerprint density at radius 3 is 2.22 bits per heavy atom. The van der Waals surface area contributed by atoms with E-state index < -0.39 is 11.3 Å². The van der Waals surface area contributed by atoms with E-state index in [4.69, 9.17) is 4.74 Å². The second-order valence-electron chi connectivity index (χ2n) is 8.98. The lowest BCUT2D eigenvalue weighted by atomic mass is 9.70. The summed E-state index contributed by atoms with van der Waals surface area (Å²) in [5, 5.41) is 3.25. The van der Waals surface area contributed by atoms with E-state index in [-0.39, 0.29) is 17.0 Å². The van der Waals surface area contributed by atoms with E-state index in [1.807, 2.05) is 6.08 Å². The zero-order valence-corrected chi connectivity index (χ0v) is 15.2. The summed E-state index contributed by atoms with van der Waals surface area (Å²) in [6, 6.07) is 0. The molecule has 1 aliphatic carbocycles. The molecule has 2 saturated heterocycles. The Morgan fingerprint density at radius 1 is 1.13 bits per heavy atom. The highest BCUT2D eigenvalue weighted by molar-refractivity contribution is 5.88. The van der Waals surface area contributed by atoms with Crippen LogP contribution >= 0.6 is 0 Å². The summed E-state index contributed by atoms with van der Waals surface area (Å²) in [6.45, 7) is 13.6. The molecule has 23 heavy (non-hydrogen) atoms. The fourth-order valence-corrected chi connectivity index (χ4v) is 5.44. The fraction of sp³-hybridized carbons (Fsp3) is 0.842. The van der Waals surface area contributed by atoms with E-state index in [1.165, 1.54) is 6.42 Å². The smallest absolute Gasteiger partial charge is 0.254 e. The van der Waals surface area contributed by atoms with E-state index in [0.29, 0.717) is 0 Å². The largest absolute Gasteiger partial charge is 0.339 e. The Labute approximate surface area is 140 Å². The molecule has 3 aliphatic rings. The number of carbonyl (C=O) groups excluding carboxylic acids is 1. The molecule has 1 saturated carbocycles. The normalized spacial score (nSPS) is 31.2. The van der Waals surface area contributed by atoms with E-state index in [1.54, 1.807) is 0 Å². The molecule has 2 heterocycles. The summed E-state index contributed by atoms with van der Waals surface area (Å²) < 4.78 is 6.62. The number of hydrogen-bond donors (Lipinski definition) is 1. The van der Waals surface area contributed by atoms with Gasteiger partial charge in [-0.25, -0.2) is 0 Å². The zero-order chi connectivity index (χ0) is 16.9. The Kier molecular flexibility index (Phi) is 3.92. The monoisotopic (exact) mass is 320 g/mol. The van der Waals surface area contributed by atoms with Gasteiger partial charge in [-0.05, 0) is 53.4 Å². The highest BCUT2D eigenvalue weighted by atomic mass is 16.6. The highest BCUT2D eigenvalue weighted by Gasteiger charge is 2.63. The van der Waals surface area contributed by atoms with E-state index in [9.17, 15) is 4.79 Å². The van der Waals surface area contributed by atoms with Crippen molar-refractivity contribution in [3.8, 4) is 0 Å². The Balaban J connectivity index is 1.91. The standard InChI is InChI=1S/C19H32N2O2/c1-6-12-21-16(2,3)13-18(14-17(21,4)5)15(22)20-19(23-18)10-8-7-9-11-19/h6H,1,7-14H2,2-5H3,(H,20,22). The average Bonchev–Trinajstić information content (AvgIpc) is 2.65. The minimum absolute atomic E-state index is 0.104. The van der Waals surface area contributed by atoms with Crippen LogP contribution in [0, 0.1) is 0 Å².